The van der Waals surface area contributed by atoms with Gasteiger partial charge in [-0.15, -0.1) is 0 Å². The maximum atomic E-state index is 12.9. The Morgan fingerprint density at radius 1 is 1.16 bits per heavy atom. The molecule has 2 aromatic carbocycles. The van der Waals surface area contributed by atoms with E-state index >= 15 is 0 Å². The van der Waals surface area contributed by atoms with E-state index in [-0.39, 0.29) is 23.5 Å². The van der Waals surface area contributed by atoms with E-state index in [9.17, 15) is 14.7 Å². The maximum Gasteiger partial charge on any atom is 0.255 e. The van der Waals surface area contributed by atoms with Crippen LogP contribution in [0, 0.1) is 5.92 Å². The van der Waals surface area contributed by atoms with E-state index in [0.717, 1.165) is 5.56 Å². The molecule has 130 valence electrons. The van der Waals surface area contributed by atoms with E-state index < -0.39 is 6.04 Å². The molecule has 0 bridgehead atoms. The number of hydrogen-bond donors (Lipinski definition) is 2. The second-order valence-electron chi connectivity index (χ2n) is 6.74. The van der Waals surface area contributed by atoms with Crippen LogP contribution in [-0.2, 0) is 11.3 Å². The van der Waals surface area contributed by atoms with Crippen molar-refractivity contribution in [3.8, 4) is 5.75 Å². The van der Waals surface area contributed by atoms with Crippen LogP contribution in [0.25, 0.3) is 0 Å². The molecule has 3 rings (SSSR count). The highest BCUT2D eigenvalue weighted by molar-refractivity contribution is 6.03. The number of phenolic OH excluding ortho intramolecular Hbond substituents is 1. The van der Waals surface area contributed by atoms with Gasteiger partial charge in [0.25, 0.3) is 5.91 Å². The summed E-state index contributed by atoms with van der Waals surface area (Å²) < 4.78 is 0. The van der Waals surface area contributed by atoms with Gasteiger partial charge in [-0.2, -0.15) is 0 Å². The van der Waals surface area contributed by atoms with Crippen LogP contribution < -0.4 is 5.32 Å². The van der Waals surface area contributed by atoms with Crippen LogP contribution in [0.5, 0.6) is 5.75 Å². The zero-order chi connectivity index (χ0) is 18.0. The number of amides is 2. The number of benzene rings is 2. The molecule has 2 aromatic rings. The van der Waals surface area contributed by atoms with Crippen LogP contribution in [0.2, 0.25) is 0 Å². The molecule has 0 radical (unpaired) electrons. The van der Waals surface area contributed by atoms with Gasteiger partial charge in [-0.1, -0.05) is 44.2 Å². The normalized spacial score (nSPS) is 14.5. The van der Waals surface area contributed by atoms with Crippen molar-refractivity contribution in [2.75, 3.05) is 5.32 Å². The number of anilines is 1. The molecule has 0 unspecified atom stereocenters. The standard InChI is InChI=1S/C20H22N2O3/c1-13(2)11-17(19(24)21-16-9-5-6-10-18(16)23)22-12-14-7-3-4-8-15(14)20(22)25/h3-10,13,17,23H,11-12H2,1-2H3,(H,21,24)/t17-/m1/s1. The number of hydrogen-bond acceptors (Lipinski definition) is 3. The SMILES string of the molecule is CC(C)C[C@H](C(=O)Nc1ccccc1O)N1Cc2ccccc2C1=O. The molecule has 0 aromatic heterocycles. The lowest BCUT2D eigenvalue weighted by atomic mass is 10.0. The predicted octanol–water partition coefficient (Wildman–Crippen LogP) is 3.40. The van der Waals surface area contributed by atoms with Crippen LogP contribution in [0.15, 0.2) is 48.5 Å². The topological polar surface area (TPSA) is 69.6 Å². The molecule has 0 saturated heterocycles. The molecule has 1 aliphatic rings. The Bertz CT molecular complexity index is 801. The van der Waals surface area contributed by atoms with Gasteiger partial charge in [-0.05, 0) is 36.1 Å². The quantitative estimate of drug-likeness (QED) is 0.821. The third-order valence-electron chi connectivity index (χ3n) is 4.38. The summed E-state index contributed by atoms with van der Waals surface area (Å²) in [6.45, 7) is 4.47. The molecule has 2 N–H and O–H groups in total. The molecular weight excluding hydrogens is 316 g/mol. The minimum absolute atomic E-state index is 0.00943. The Labute approximate surface area is 147 Å². The number of fused-ring (bicyclic) bond motifs is 1. The Hall–Kier alpha value is -2.82. The molecule has 5 heteroatoms. The fourth-order valence-electron chi connectivity index (χ4n) is 3.15. The molecule has 5 nitrogen and oxygen atoms in total. The van der Waals surface area contributed by atoms with Gasteiger partial charge in [0.05, 0.1) is 5.69 Å². The molecular formula is C20H22N2O3. The summed E-state index contributed by atoms with van der Waals surface area (Å²) in [7, 11) is 0. The number of phenols is 1. The summed E-state index contributed by atoms with van der Waals surface area (Å²) in [5.41, 5.74) is 1.95. The van der Waals surface area contributed by atoms with Crippen LogP contribution >= 0.6 is 0 Å². The third kappa shape index (κ3) is 3.50. The van der Waals surface area contributed by atoms with E-state index in [4.69, 9.17) is 0 Å². The number of nitrogens with zero attached hydrogens (tertiary/aromatic N) is 1. The van der Waals surface area contributed by atoms with Crippen LogP contribution in [0.3, 0.4) is 0 Å². The third-order valence-corrected chi connectivity index (χ3v) is 4.38. The van der Waals surface area contributed by atoms with E-state index in [1.165, 1.54) is 6.07 Å². The molecule has 2 amide bonds. The van der Waals surface area contributed by atoms with Crippen LogP contribution in [0.4, 0.5) is 5.69 Å². The minimum atomic E-state index is -0.584. The smallest absolute Gasteiger partial charge is 0.255 e. The van der Waals surface area contributed by atoms with Crippen molar-refractivity contribution in [2.24, 2.45) is 5.92 Å². The van der Waals surface area contributed by atoms with Gasteiger partial charge in [0.2, 0.25) is 5.91 Å². The van der Waals surface area contributed by atoms with Crippen molar-refractivity contribution < 1.29 is 14.7 Å². The van der Waals surface area contributed by atoms with E-state index in [0.29, 0.717) is 24.2 Å². The summed E-state index contributed by atoms with van der Waals surface area (Å²) >= 11 is 0. The predicted molar refractivity (Wildman–Crippen MR) is 96.3 cm³/mol. The first-order chi connectivity index (χ1) is 12.0. The molecule has 0 spiro atoms. The van der Waals surface area contributed by atoms with Crippen molar-refractivity contribution in [2.45, 2.75) is 32.9 Å². The first kappa shape index (κ1) is 17.0. The van der Waals surface area contributed by atoms with E-state index in [1.54, 1.807) is 29.2 Å². The molecule has 0 saturated carbocycles. The second-order valence-corrected chi connectivity index (χ2v) is 6.74. The Morgan fingerprint density at radius 2 is 1.84 bits per heavy atom. The van der Waals surface area contributed by atoms with E-state index in [2.05, 4.69) is 5.32 Å². The second kappa shape index (κ2) is 6.97. The Morgan fingerprint density at radius 3 is 2.52 bits per heavy atom. The number of nitrogens with one attached hydrogen (secondary N) is 1. The Kier molecular flexibility index (Phi) is 4.74. The van der Waals surface area contributed by atoms with Gasteiger partial charge in [-0.3, -0.25) is 9.59 Å². The summed E-state index contributed by atoms with van der Waals surface area (Å²) in [5, 5.41) is 12.6. The maximum absolute atomic E-state index is 12.9. The highest BCUT2D eigenvalue weighted by Gasteiger charge is 2.36. The van der Waals surface area contributed by atoms with Gasteiger partial charge in [0.15, 0.2) is 0 Å². The fraction of sp³-hybridized carbons (Fsp3) is 0.300. The highest BCUT2D eigenvalue weighted by Crippen LogP contribution is 2.28. The van der Waals surface area contributed by atoms with Crippen LogP contribution in [0.1, 0.15) is 36.2 Å². The minimum Gasteiger partial charge on any atom is -0.506 e. The zero-order valence-corrected chi connectivity index (χ0v) is 14.4. The zero-order valence-electron chi connectivity index (χ0n) is 14.4. The van der Waals surface area contributed by atoms with Gasteiger partial charge >= 0.3 is 0 Å². The van der Waals surface area contributed by atoms with Crippen molar-refractivity contribution in [3.05, 3.63) is 59.7 Å². The molecule has 25 heavy (non-hydrogen) atoms. The molecule has 1 aliphatic heterocycles. The average Bonchev–Trinajstić information content (AvgIpc) is 2.91. The lowest BCUT2D eigenvalue weighted by molar-refractivity contribution is -0.121. The number of carbonyl (C=O) groups excluding carboxylic acids is 2. The number of rotatable bonds is 5. The first-order valence-electron chi connectivity index (χ1n) is 8.45. The summed E-state index contributed by atoms with van der Waals surface area (Å²) in [5.74, 6) is -0.142. The average molecular weight is 338 g/mol. The molecule has 1 heterocycles. The van der Waals surface area contributed by atoms with Crippen molar-refractivity contribution >= 4 is 17.5 Å². The summed E-state index contributed by atoms with van der Waals surface area (Å²) in [6.07, 6.45) is 0.555. The number of carbonyl (C=O) groups is 2. The van der Waals surface area contributed by atoms with Crippen LogP contribution in [-0.4, -0.2) is 27.9 Å². The molecule has 0 fully saturated rings. The number of aromatic hydroxyl groups is 1. The van der Waals surface area contributed by atoms with E-state index in [1.807, 2.05) is 32.0 Å². The summed E-state index contributed by atoms with van der Waals surface area (Å²) in [4.78, 5) is 27.2. The van der Waals surface area contributed by atoms with Gasteiger partial charge in [0.1, 0.15) is 11.8 Å². The van der Waals surface area contributed by atoms with Crippen molar-refractivity contribution in [1.82, 2.24) is 4.90 Å². The van der Waals surface area contributed by atoms with Crippen molar-refractivity contribution in [3.63, 3.8) is 0 Å². The lowest BCUT2D eigenvalue weighted by Gasteiger charge is -2.28. The number of para-hydroxylation sites is 2. The van der Waals surface area contributed by atoms with Gasteiger partial charge < -0.3 is 15.3 Å². The van der Waals surface area contributed by atoms with Crippen molar-refractivity contribution in [1.29, 1.82) is 0 Å². The largest absolute Gasteiger partial charge is 0.506 e. The lowest BCUT2D eigenvalue weighted by Crippen LogP contribution is -2.45. The van der Waals surface area contributed by atoms with Gasteiger partial charge in [-0.25, -0.2) is 0 Å². The molecule has 1 atom stereocenters. The monoisotopic (exact) mass is 338 g/mol. The first-order valence-corrected chi connectivity index (χ1v) is 8.45. The van der Waals surface area contributed by atoms with Gasteiger partial charge in [0, 0.05) is 12.1 Å². The Balaban J connectivity index is 1.84. The highest BCUT2D eigenvalue weighted by atomic mass is 16.3. The summed E-state index contributed by atoms with van der Waals surface area (Å²) in [6, 6.07) is 13.4. The fourth-order valence-corrected chi connectivity index (χ4v) is 3.15. The molecule has 0 aliphatic carbocycles.